The Morgan fingerprint density at radius 2 is 2.27 bits per heavy atom. The van der Waals surface area contributed by atoms with E-state index in [1.807, 2.05) is 6.07 Å². The number of pyridine rings is 1. The van der Waals surface area contributed by atoms with Crippen molar-refractivity contribution in [3.05, 3.63) is 29.0 Å². The van der Waals surface area contributed by atoms with Gasteiger partial charge in [0.05, 0.1) is 5.02 Å². The number of hydrogen-bond acceptors (Lipinski definition) is 2. The number of aromatic nitrogens is 2. The molecular weight excluding hydrogens is 210 g/mol. The van der Waals surface area contributed by atoms with Gasteiger partial charge < -0.3 is 9.88 Å². The molecule has 0 amide bonds. The van der Waals surface area contributed by atoms with E-state index in [0.29, 0.717) is 10.9 Å². The van der Waals surface area contributed by atoms with Gasteiger partial charge in [-0.05, 0) is 12.1 Å². The molecule has 0 saturated carbocycles. The highest BCUT2D eigenvalue weighted by Gasteiger charge is 2.22. The molecule has 15 heavy (non-hydrogen) atoms. The highest BCUT2D eigenvalue weighted by atomic mass is 35.5. The molecule has 2 aromatic rings. The lowest BCUT2D eigenvalue weighted by Crippen LogP contribution is -2.40. The van der Waals surface area contributed by atoms with Crippen LogP contribution in [0, 0.1) is 0 Å². The van der Waals surface area contributed by atoms with Crippen LogP contribution >= 0.6 is 11.6 Å². The van der Waals surface area contributed by atoms with Gasteiger partial charge in [-0.3, -0.25) is 0 Å². The summed E-state index contributed by atoms with van der Waals surface area (Å²) in [5.74, 6) is 0.628. The van der Waals surface area contributed by atoms with Crippen molar-refractivity contribution in [3.8, 4) is 0 Å². The first kappa shape index (κ1) is 9.19. The molecule has 0 atom stereocenters. The zero-order chi connectivity index (χ0) is 10.4. The van der Waals surface area contributed by atoms with E-state index in [0.717, 1.165) is 24.1 Å². The van der Waals surface area contributed by atoms with E-state index in [1.165, 1.54) is 5.69 Å². The van der Waals surface area contributed by atoms with Crippen molar-refractivity contribution in [2.45, 2.75) is 5.92 Å². The van der Waals surface area contributed by atoms with Gasteiger partial charge in [0, 0.05) is 43.3 Å². The summed E-state index contributed by atoms with van der Waals surface area (Å²) in [6, 6.07) is 4.17. The molecule has 3 rings (SSSR count). The van der Waals surface area contributed by atoms with E-state index >= 15 is 0 Å². The number of aryl methyl sites for hydroxylation is 1. The van der Waals surface area contributed by atoms with Crippen molar-refractivity contribution < 1.29 is 0 Å². The molecule has 4 heteroatoms. The van der Waals surface area contributed by atoms with Crippen LogP contribution in [0.15, 0.2) is 18.3 Å². The van der Waals surface area contributed by atoms with Crippen LogP contribution < -0.4 is 5.32 Å². The minimum atomic E-state index is 0.628. The molecule has 3 nitrogen and oxygen atoms in total. The molecule has 0 bridgehead atoms. The Bertz CT molecular complexity index is 514. The number of hydrogen-bond donors (Lipinski definition) is 1. The Kier molecular flexibility index (Phi) is 1.97. The molecule has 78 valence electrons. The summed E-state index contributed by atoms with van der Waals surface area (Å²) in [5.41, 5.74) is 2.36. The lowest BCUT2D eigenvalue weighted by molar-refractivity contribution is 0.432. The van der Waals surface area contributed by atoms with Crippen LogP contribution in [0.3, 0.4) is 0 Å². The van der Waals surface area contributed by atoms with Crippen LogP contribution in [0.4, 0.5) is 0 Å². The second-order valence-corrected chi connectivity index (χ2v) is 4.49. The van der Waals surface area contributed by atoms with Crippen molar-refractivity contribution in [2.24, 2.45) is 7.05 Å². The number of rotatable bonds is 1. The molecule has 0 unspecified atom stereocenters. The van der Waals surface area contributed by atoms with Crippen molar-refractivity contribution >= 4 is 22.6 Å². The fourth-order valence-electron chi connectivity index (χ4n) is 2.10. The molecule has 1 saturated heterocycles. The monoisotopic (exact) mass is 221 g/mol. The van der Waals surface area contributed by atoms with Crippen molar-refractivity contribution in [2.75, 3.05) is 13.1 Å². The van der Waals surface area contributed by atoms with Gasteiger partial charge in [-0.25, -0.2) is 4.98 Å². The quantitative estimate of drug-likeness (QED) is 0.798. The van der Waals surface area contributed by atoms with Gasteiger partial charge in [-0.2, -0.15) is 0 Å². The smallest absolute Gasteiger partial charge is 0.139 e. The average Bonchev–Trinajstić information content (AvgIpc) is 2.41. The molecule has 0 aliphatic carbocycles. The molecular formula is C11H12ClN3. The van der Waals surface area contributed by atoms with Crippen LogP contribution in [-0.2, 0) is 7.05 Å². The third-order valence-corrected chi connectivity index (χ3v) is 3.28. The third-order valence-electron chi connectivity index (χ3n) is 3.07. The highest BCUT2D eigenvalue weighted by Crippen LogP contribution is 2.27. The summed E-state index contributed by atoms with van der Waals surface area (Å²) in [6.45, 7) is 2.13. The molecule has 1 fully saturated rings. The van der Waals surface area contributed by atoms with Gasteiger partial charge in [-0.1, -0.05) is 11.6 Å². The third kappa shape index (κ3) is 1.34. The minimum Gasteiger partial charge on any atom is -0.332 e. The maximum absolute atomic E-state index is 5.92. The van der Waals surface area contributed by atoms with Gasteiger partial charge >= 0.3 is 0 Å². The molecule has 0 spiro atoms. The van der Waals surface area contributed by atoms with Gasteiger partial charge in [0.2, 0.25) is 0 Å². The van der Waals surface area contributed by atoms with Crippen LogP contribution in [0.5, 0.6) is 0 Å². The normalized spacial score (nSPS) is 16.9. The van der Waals surface area contributed by atoms with Crippen molar-refractivity contribution in [3.63, 3.8) is 0 Å². The number of nitrogens with zero attached hydrogens (tertiary/aromatic N) is 2. The molecule has 1 N–H and O–H groups in total. The maximum Gasteiger partial charge on any atom is 0.139 e. The second kappa shape index (κ2) is 3.22. The second-order valence-electron chi connectivity index (χ2n) is 4.05. The van der Waals surface area contributed by atoms with E-state index in [2.05, 4.69) is 28.0 Å². The van der Waals surface area contributed by atoms with Crippen LogP contribution in [0.25, 0.3) is 11.0 Å². The number of fused-ring (bicyclic) bond motifs is 1. The van der Waals surface area contributed by atoms with Crippen LogP contribution in [-0.4, -0.2) is 22.6 Å². The summed E-state index contributed by atoms with van der Waals surface area (Å²) in [6.07, 6.45) is 1.70. The lowest BCUT2D eigenvalue weighted by Gasteiger charge is -2.27. The predicted octanol–water partition coefficient (Wildman–Crippen LogP) is 1.91. The zero-order valence-electron chi connectivity index (χ0n) is 8.50. The number of halogens is 1. The van der Waals surface area contributed by atoms with Gasteiger partial charge in [0.15, 0.2) is 0 Å². The Morgan fingerprint density at radius 3 is 2.93 bits per heavy atom. The van der Waals surface area contributed by atoms with Gasteiger partial charge in [0.1, 0.15) is 5.65 Å². The van der Waals surface area contributed by atoms with E-state index in [1.54, 1.807) is 6.20 Å². The molecule has 1 aliphatic heterocycles. The van der Waals surface area contributed by atoms with Crippen LogP contribution in [0.1, 0.15) is 11.6 Å². The molecule has 2 aromatic heterocycles. The minimum absolute atomic E-state index is 0.628. The summed E-state index contributed by atoms with van der Waals surface area (Å²) >= 11 is 5.92. The zero-order valence-corrected chi connectivity index (χ0v) is 9.25. The summed E-state index contributed by atoms with van der Waals surface area (Å²) in [4.78, 5) is 4.35. The fraction of sp³-hybridized carbons (Fsp3) is 0.364. The van der Waals surface area contributed by atoms with E-state index in [-0.39, 0.29) is 0 Å². The molecule has 3 heterocycles. The van der Waals surface area contributed by atoms with Gasteiger partial charge in [0.25, 0.3) is 0 Å². The largest absolute Gasteiger partial charge is 0.332 e. The summed E-state index contributed by atoms with van der Waals surface area (Å²) in [7, 11) is 2.07. The Hall–Kier alpha value is -1.06. The first-order chi connectivity index (χ1) is 7.25. The topological polar surface area (TPSA) is 29.9 Å². The van der Waals surface area contributed by atoms with Crippen molar-refractivity contribution in [1.29, 1.82) is 0 Å². The first-order valence-electron chi connectivity index (χ1n) is 5.07. The average molecular weight is 222 g/mol. The highest BCUT2D eigenvalue weighted by molar-refractivity contribution is 6.31. The van der Waals surface area contributed by atoms with Crippen molar-refractivity contribution in [1.82, 2.24) is 14.9 Å². The Balaban J connectivity index is 2.19. The molecule has 0 radical (unpaired) electrons. The first-order valence-corrected chi connectivity index (χ1v) is 5.45. The lowest BCUT2D eigenvalue weighted by atomic mass is 9.99. The molecule has 1 aliphatic rings. The Morgan fingerprint density at radius 1 is 1.47 bits per heavy atom. The van der Waals surface area contributed by atoms with Crippen LogP contribution in [0.2, 0.25) is 5.02 Å². The predicted molar refractivity (Wildman–Crippen MR) is 61.3 cm³/mol. The summed E-state index contributed by atoms with van der Waals surface area (Å²) in [5, 5.41) is 5.11. The number of nitrogens with one attached hydrogen (secondary N) is 1. The van der Waals surface area contributed by atoms with Gasteiger partial charge in [-0.15, -0.1) is 0 Å². The standard InChI is InChI=1S/C11H12ClN3/c1-15-10(8-4-13-5-8)3-7-2-9(12)6-14-11(7)15/h2-3,6,8,13H,4-5H2,1H3. The SMILES string of the molecule is Cn1c(C2CNC2)cc2cc(Cl)cnc21. The maximum atomic E-state index is 5.92. The van der Waals surface area contributed by atoms with E-state index in [4.69, 9.17) is 11.6 Å². The van der Waals surface area contributed by atoms with E-state index < -0.39 is 0 Å². The Labute approximate surface area is 93.1 Å². The fourth-order valence-corrected chi connectivity index (χ4v) is 2.27. The van der Waals surface area contributed by atoms with E-state index in [9.17, 15) is 0 Å². The molecule has 0 aromatic carbocycles. The summed E-state index contributed by atoms with van der Waals surface area (Å²) < 4.78 is 2.16.